The van der Waals surface area contributed by atoms with Gasteiger partial charge in [0.2, 0.25) is 11.7 Å². The molecule has 1 saturated heterocycles. The van der Waals surface area contributed by atoms with Crippen LogP contribution in [0.15, 0.2) is 60.7 Å². The van der Waals surface area contributed by atoms with Crippen LogP contribution in [-0.2, 0) is 4.79 Å². The van der Waals surface area contributed by atoms with E-state index >= 15 is 0 Å². The Labute approximate surface area is 244 Å². The first kappa shape index (κ1) is 29.6. The summed E-state index contributed by atoms with van der Waals surface area (Å²) in [6.07, 6.45) is 1.59. The highest BCUT2D eigenvalue weighted by Gasteiger charge is 2.27. The van der Waals surface area contributed by atoms with Gasteiger partial charge in [0.25, 0.3) is 5.91 Å². The van der Waals surface area contributed by atoms with E-state index in [1.807, 2.05) is 24.3 Å². The summed E-state index contributed by atoms with van der Waals surface area (Å²) in [5.74, 6) is 1.92. The molecule has 4 rings (SSSR count). The molecule has 0 atom stereocenters. The number of piperazine rings is 1. The Bertz CT molecular complexity index is 1410. The van der Waals surface area contributed by atoms with Crippen LogP contribution in [-0.4, -0.2) is 83.3 Å². The number of rotatable bonds is 9. The van der Waals surface area contributed by atoms with Gasteiger partial charge in [0.1, 0.15) is 0 Å². The summed E-state index contributed by atoms with van der Waals surface area (Å²) in [6.45, 7) is 1.48. The zero-order chi connectivity index (χ0) is 29.5. The smallest absolute Gasteiger partial charge is 0.254 e. The fourth-order valence-electron chi connectivity index (χ4n) is 4.78. The zero-order valence-corrected chi connectivity index (χ0v) is 24.5. The molecule has 0 unspecified atom stereocenters. The van der Waals surface area contributed by atoms with Gasteiger partial charge in [0.05, 0.1) is 35.5 Å². The lowest BCUT2D eigenvalue weighted by Crippen LogP contribution is -2.50. The quantitative estimate of drug-likeness (QED) is 0.336. The minimum Gasteiger partial charge on any atom is -0.493 e. The molecule has 1 aliphatic rings. The number of amides is 2. The Morgan fingerprint density at radius 3 is 1.78 bits per heavy atom. The summed E-state index contributed by atoms with van der Waals surface area (Å²) in [5, 5.41) is 0.588. The van der Waals surface area contributed by atoms with E-state index in [9.17, 15) is 9.59 Å². The van der Waals surface area contributed by atoms with Crippen LogP contribution in [0.4, 0.5) is 0 Å². The monoisotopic (exact) mass is 580 g/mol. The maximum atomic E-state index is 13.6. The summed E-state index contributed by atoms with van der Waals surface area (Å²) >= 11 is 6.14. The van der Waals surface area contributed by atoms with Gasteiger partial charge < -0.3 is 33.5 Å². The Balaban J connectivity index is 1.57. The number of hydrogen-bond acceptors (Lipinski definition) is 7. The third-order valence-corrected chi connectivity index (χ3v) is 7.16. The topological polar surface area (TPSA) is 86.8 Å². The molecule has 1 fully saturated rings. The van der Waals surface area contributed by atoms with E-state index in [4.69, 9.17) is 35.3 Å². The third kappa shape index (κ3) is 6.36. The number of carbonyl (C=O) groups excluding carboxylic acids is 2. The summed E-state index contributed by atoms with van der Waals surface area (Å²) in [7, 11) is 7.64. The Kier molecular flexibility index (Phi) is 9.62. The molecule has 216 valence electrons. The van der Waals surface area contributed by atoms with Crippen molar-refractivity contribution < 1.29 is 33.3 Å². The maximum Gasteiger partial charge on any atom is 0.254 e. The van der Waals surface area contributed by atoms with Crippen LogP contribution in [0.1, 0.15) is 21.5 Å². The Hall–Kier alpha value is -4.37. The summed E-state index contributed by atoms with van der Waals surface area (Å²) in [6, 6.07) is 16.0. The van der Waals surface area contributed by atoms with Crippen LogP contribution in [0.25, 0.3) is 5.57 Å². The molecule has 3 aromatic rings. The lowest BCUT2D eigenvalue weighted by molar-refractivity contribution is -0.127. The predicted molar refractivity (Wildman–Crippen MR) is 157 cm³/mol. The molecule has 9 nitrogen and oxygen atoms in total. The molecule has 0 spiro atoms. The Morgan fingerprint density at radius 2 is 1.24 bits per heavy atom. The predicted octanol–water partition coefficient (Wildman–Crippen LogP) is 4.80. The van der Waals surface area contributed by atoms with Gasteiger partial charge in [-0.15, -0.1) is 0 Å². The van der Waals surface area contributed by atoms with Crippen LogP contribution < -0.4 is 23.7 Å². The van der Waals surface area contributed by atoms with Crippen LogP contribution in [0.5, 0.6) is 28.7 Å². The van der Waals surface area contributed by atoms with Crippen molar-refractivity contribution in [2.45, 2.75) is 0 Å². The van der Waals surface area contributed by atoms with Crippen molar-refractivity contribution >= 4 is 29.0 Å². The fourth-order valence-corrected chi connectivity index (χ4v) is 4.90. The van der Waals surface area contributed by atoms with E-state index in [1.165, 1.54) is 21.3 Å². The summed E-state index contributed by atoms with van der Waals surface area (Å²) < 4.78 is 27.3. The lowest BCUT2D eigenvalue weighted by atomic mass is 9.96. The van der Waals surface area contributed by atoms with Crippen molar-refractivity contribution in [1.82, 2.24) is 9.80 Å². The summed E-state index contributed by atoms with van der Waals surface area (Å²) in [4.78, 5) is 30.3. The first-order valence-electron chi connectivity index (χ1n) is 12.9. The zero-order valence-electron chi connectivity index (χ0n) is 23.7. The standard InChI is InChI=1S/C31H33ClN2O7/c1-37-25-8-6-7-23(29(25)40-4)24(20-9-11-22(32)12-10-20)19-28(35)33-13-15-34(16-14-33)31(36)21-17-26(38-2)30(41-5)27(18-21)39-3/h6-12,17-19H,13-16H2,1-5H3/b24-19+. The number of nitrogens with zero attached hydrogens (tertiary/aromatic N) is 2. The van der Waals surface area contributed by atoms with Crippen molar-refractivity contribution in [2.24, 2.45) is 0 Å². The second-order valence-corrected chi connectivity index (χ2v) is 9.57. The number of benzene rings is 3. The number of methoxy groups -OCH3 is 5. The van der Waals surface area contributed by atoms with E-state index in [0.717, 1.165) is 5.56 Å². The van der Waals surface area contributed by atoms with E-state index < -0.39 is 0 Å². The van der Waals surface area contributed by atoms with Gasteiger partial charge in [-0.3, -0.25) is 9.59 Å². The lowest BCUT2D eigenvalue weighted by Gasteiger charge is -2.34. The number of hydrogen-bond donors (Lipinski definition) is 0. The largest absolute Gasteiger partial charge is 0.493 e. The van der Waals surface area contributed by atoms with Crippen molar-refractivity contribution in [2.75, 3.05) is 61.7 Å². The van der Waals surface area contributed by atoms with Gasteiger partial charge in [-0.1, -0.05) is 35.9 Å². The molecule has 3 aromatic carbocycles. The van der Waals surface area contributed by atoms with Crippen molar-refractivity contribution in [1.29, 1.82) is 0 Å². The molecule has 0 bridgehead atoms. The number of halogens is 1. The van der Waals surface area contributed by atoms with Crippen LogP contribution in [0.2, 0.25) is 5.02 Å². The minimum absolute atomic E-state index is 0.181. The van der Waals surface area contributed by atoms with Gasteiger partial charge in [-0.25, -0.2) is 0 Å². The Morgan fingerprint density at radius 1 is 0.683 bits per heavy atom. The highest BCUT2D eigenvalue weighted by atomic mass is 35.5. The molecular weight excluding hydrogens is 548 g/mol. The SMILES string of the molecule is COc1cc(C(=O)N2CCN(C(=O)/C=C(\c3ccc(Cl)cc3)c3cccc(OC)c3OC)CC2)cc(OC)c1OC. The number of ether oxygens (including phenoxy) is 5. The third-order valence-electron chi connectivity index (χ3n) is 6.91. The van der Waals surface area contributed by atoms with Crippen LogP contribution >= 0.6 is 11.6 Å². The number of carbonyl (C=O) groups is 2. The molecule has 0 radical (unpaired) electrons. The normalized spacial score (nSPS) is 13.5. The van der Waals surface area contributed by atoms with Gasteiger partial charge >= 0.3 is 0 Å². The molecular formula is C31H33ClN2O7. The first-order valence-corrected chi connectivity index (χ1v) is 13.3. The van der Waals surface area contributed by atoms with Crippen molar-refractivity contribution in [3.05, 3.63) is 82.4 Å². The molecule has 0 saturated carbocycles. The van der Waals surface area contributed by atoms with Gasteiger partial charge in [0.15, 0.2) is 23.0 Å². The van der Waals surface area contributed by atoms with Gasteiger partial charge in [0, 0.05) is 48.4 Å². The van der Waals surface area contributed by atoms with E-state index in [0.29, 0.717) is 76.6 Å². The van der Waals surface area contributed by atoms with Crippen molar-refractivity contribution in [3.63, 3.8) is 0 Å². The molecule has 41 heavy (non-hydrogen) atoms. The second kappa shape index (κ2) is 13.3. The fraction of sp³-hybridized carbons (Fsp3) is 0.290. The average molecular weight is 581 g/mol. The first-order chi connectivity index (χ1) is 19.8. The number of para-hydroxylation sites is 1. The van der Waals surface area contributed by atoms with E-state index in [-0.39, 0.29) is 11.8 Å². The highest BCUT2D eigenvalue weighted by molar-refractivity contribution is 6.30. The van der Waals surface area contributed by atoms with E-state index in [2.05, 4.69) is 0 Å². The van der Waals surface area contributed by atoms with Gasteiger partial charge in [-0.05, 0) is 41.5 Å². The summed E-state index contributed by atoms with van der Waals surface area (Å²) in [5.41, 5.74) is 2.58. The molecule has 1 heterocycles. The van der Waals surface area contributed by atoms with E-state index in [1.54, 1.807) is 60.4 Å². The second-order valence-electron chi connectivity index (χ2n) is 9.14. The molecule has 10 heteroatoms. The molecule has 1 aliphatic heterocycles. The van der Waals surface area contributed by atoms with Gasteiger partial charge in [-0.2, -0.15) is 0 Å². The molecule has 0 aromatic heterocycles. The molecule has 2 amide bonds. The van der Waals surface area contributed by atoms with Crippen LogP contribution in [0, 0.1) is 0 Å². The minimum atomic E-state index is -0.185. The maximum absolute atomic E-state index is 13.6. The highest BCUT2D eigenvalue weighted by Crippen LogP contribution is 2.39. The van der Waals surface area contributed by atoms with Crippen LogP contribution in [0.3, 0.4) is 0 Å². The van der Waals surface area contributed by atoms with Crippen molar-refractivity contribution in [3.8, 4) is 28.7 Å². The molecule has 0 aliphatic carbocycles. The average Bonchev–Trinajstić information content (AvgIpc) is 3.02. The molecule has 0 N–H and O–H groups in total.